The molecule has 4 rings (SSSR count). The first kappa shape index (κ1) is 13.3. The fraction of sp³-hybridized carbons (Fsp3) is 0. The lowest BCUT2D eigenvalue weighted by Gasteiger charge is -2.02. The number of hydrogen-bond acceptors (Lipinski definition) is 1. The Bertz CT molecular complexity index is 764. The first-order valence-corrected chi connectivity index (χ1v) is 8.12. The van der Waals surface area contributed by atoms with Crippen molar-refractivity contribution in [1.82, 2.24) is 0 Å². The van der Waals surface area contributed by atoms with Crippen LogP contribution in [0.15, 0.2) is 82.0 Å². The van der Waals surface area contributed by atoms with E-state index in [0.29, 0.717) is 0 Å². The minimum absolute atomic E-state index is 1.17. The predicted octanol–water partition coefficient (Wildman–Crippen LogP) is 6.50. The van der Waals surface area contributed by atoms with Gasteiger partial charge < -0.3 is 0 Å². The molecule has 3 aromatic carbocycles. The molecule has 0 aliphatic carbocycles. The summed E-state index contributed by atoms with van der Waals surface area (Å²) in [5.74, 6) is 0. The Hall–Kier alpha value is -1.64. The molecule has 0 aliphatic heterocycles. The van der Waals surface area contributed by atoms with Crippen molar-refractivity contribution in [3.63, 3.8) is 0 Å². The van der Waals surface area contributed by atoms with Gasteiger partial charge >= 0.3 is 0 Å². The zero-order chi connectivity index (χ0) is 13.8. The van der Waals surface area contributed by atoms with Crippen molar-refractivity contribution in [2.24, 2.45) is 0 Å². The fourth-order valence-electron chi connectivity index (χ4n) is 2.20. The van der Waals surface area contributed by atoms with Gasteiger partial charge in [-0.05, 0) is 48.9 Å². The van der Waals surface area contributed by atoms with E-state index < -0.39 is 0 Å². The van der Waals surface area contributed by atoms with Crippen LogP contribution >= 0.6 is 27.3 Å². The van der Waals surface area contributed by atoms with Crippen molar-refractivity contribution in [2.75, 3.05) is 0 Å². The quantitative estimate of drug-likeness (QED) is 0.320. The second-order valence-corrected chi connectivity index (χ2v) is 6.15. The Labute approximate surface area is 130 Å². The molecular weight excluding hydrogens is 328 g/mol. The Morgan fingerprint density at radius 3 is 1.60 bits per heavy atom. The van der Waals surface area contributed by atoms with Crippen molar-refractivity contribution in [1.29, 1.82) is 0 Å². The third-order valence-electron chi connectivity index (χ3n) is 3.14. The van der Waals surface area contributed by atoms with Crippen LogP contribution in [-0.4, -0.2) is 0 Å². The van der Waals surface area contributed by atoms with E-state index in [9.17, 15) is 0 Å². The van der Waals surface area contributed by atoms with Gasteiger partial charge in [0.25, 0.3) is 0 Å². The summed E-state index contributed by atoms with van der Waals surface area (Å²) in [7, 11) is 0. The molecule has 20 heavy (non-hydrogen) atoms. The molecule has 0 aliphatic rings. The molecule has 0 nitrogen and oxygen atoms in total. The van der Waals surface area contributed by atoms with Gasteiger partial charge in [0, 0.05) is 9.85 Å². The second-order valence-electron chi connectivity index (χ2n) is 4.45. The zero-order valence-corrected chi connectivity index (χ0v) is 13.2. The molecule has 0 saturated carbocycles. The molecule has 1 aromatic heterocycles. The number of thiophene rings is 1. The molecule has 0 amide bonds. The van der Waals surface area contributed by atoms with Crippen molar-refractivity contribution < 1.29 is 0 Å². The summed E-state index contributed by atoms with van der Waals surface area (Å²) in [6.45, 7) is 0. The van der Waals surface area contributed by atoms with Gasteiger partial charge in [0.15, 0.2) is 0 Å². The number of hydrogen-bond donors (Lipinski definition) is 0. The summed E-state index contributed by atoms with van der Waals surface area (Å²) in [4.78, 5) is 0. The standard InChI is InChI=1S/C14H10.C4H3BrS/c1-3-7-13-11(5-1)9-10-12-6-2-4-8-14(12)13;5-4-1-2-6-3-4/h1-10H;1-3H. The molecule has 0 fully saturated rings. The van der Waals surface area contributed by atoms with E-state index in [0.717, 1.165) is 0 Å². The number of halogens is 1. The molecule has 0 spiro atoms. The molecule has 0 radical (unpaired) electrons. The van der Waals surface area contributed by atoms with Crippen molar-refractivity contribution in [3.8, 4) is 0 Å². The van der Waals surface area contributed by atoms with Gasteiger partial charge in [0.2, 0.25) is 0 Å². The molecule has 0 saturated heterocycles. The van der Waals surface area contributed by atoms with Gasteiger partial charge in [0.05, 0.1) is 0 Å². The average Bonchev–Trinajstić information content (AvgIpc) is 2.99. The van der Waals surface area contributed by atoms with Gasteiger partial charge in [-0.25, -0.2) is 0 Å². The normalized spacial score (nSPS) is 10.2. The SMILES string of the molecule is Brc1ccsc1.c1ccc2c(c1)ccc1ccccc12. The molecule has 0 atom stereocenters. The van der Waals surface area contributed by atoms with Crippen LogP contribution in [0, 0.1) is 0 Å². The first-order chi connectivity index (χ1) is 9.84. The Kier molecular flexibility index (Phi) is 4.14. The minimum Gasteiger partial charge on any atom is -0.151 e. The largest absolute Gasteiger partial charge is 0.151 e. The van der Waals surface area contributed by atoms with E-state index in [4.69, 9.17) is 0 Å². The number of rotatable bonds is 0. The summed E-state index contributed by atoms with van der Waals surface area (Å²) < 4.78 is 1.17. The van der Waals surface area contributed by atoms with Gasteiger partial charge in [-0.3, -0.25) is 0 Å². The minimum atomic E-state index is 1.17. The third-order valence-corrected chi connectivity index (χ3v) is 4.62. The number of benzene rings is 3. The second kappa shape index (κ2) is 6.21. The van der Waals surface area contributed by atoms with Crippen molar-refractivity contribution in [3.05, 3.63) is 82.0 Å². The molecule has 0 unspecified atom stereocenters. The maximum atomic E-state index is 3.29. The number of fused-ring (bicyclic) bond motifs is 3. The monoisotopic (exact) mass is 340 g/mol. The van der Waals surface area contributed by atoms with E-state index in [1.807, 2.05) is 16.8 Å². The van der Waals surface area contributed by atoms with Crippen molar-refractivity contribution >= 4 is 48.8 Å². The fourth-order valence-corrected chi connectivity index (χ4v) is 3.35. The highest BCUT2D eigenvalue weighted by atomic mass is 79.9. The lowest BCUT2D eigenvalue weighted by Crippen LogP contribution is -1.75. The zero-order valence-electron chi connectivity index (χ0n) is 10.8. The lowest BCUT2D eigenvalue weighted by molar-refractivity contribution is 1.76. The van der Waals surface area contributed by atoms with Gasteiger partial charge in [-0.1, -0.05) is 60.7 Å². The van der Waals surface area contributed by atoms with E-state index in [-0.39, 0.29) is 0 Å². The van der Waals surface area contributed by atoms with Crippen LogP contribution in [0.5, 0.6) is 0 Å². The lowest BCUT2D eigenvalue weighted by atomic mass is 10.0. The highest BCUT2D eigenvalue weighted by Crippen LogP contribution is 2.24. The van der Waals surface area contributed by atoms with E-state index >= 15 is 0 Å². The summed E-state index contributed by atoms with van der Waals surface area (Å²) in [6, 6.07) is 23.4. The first-order valence-electron chi connectivity index (χ1n) is 6.39. The summed E-state index contributed by atoms with van der Waals surface area (Å²) in [5, 5.41) is 9.37. The van der Waals surface area contributed by atoms with Crippen LogP contribution in [0.4, 0.5) is 0 Å². The predicted molar refractivity (Wildman–Crippen MR) is 93.5 cm³/mol. The van der Waals surface area contributed by atoms with E-state index in [2.05, 4.69) is 76.6 Å². The maximum Gasteiger partial charge on any atom is 0.0282 e. The van der Waals surface area contributed by atoms with Crippen LogP contribution in [0.1, 0.15) is 0 Å². The Morgan fingerprint density at radius 2 is 1.20 bits per heavy atom. The van der Waals surface area contributed by atoms with Gasteiger partial charge in [0.1, 0.15) is 0 Å². The Balaban J connectivity index is 0.000000170. The van der Waals surface area contributed by atoms with Crippen LogP contribution in [0.25, 0.3) is 21.5 Å². The van der Waals surface area contributed by atoms with Crippen LogP contribution < -0.4 is 0 Å². The van der Waals surface area contributed by atoms with E-state index in [1.54, 1.807) is 11.3 Å². The molecule has 98 valence electrons. The molecular formula is C18H13BrS. The molecule has 1 heterocycles. The Morgan fingerprint density at radius 1 is 0.650 bits per heavy atom. The van der Waals surface area contributed by atoms with Crippen LogP contribution in [0.2, 0.25) is 0 Å². The van der Waals surface area contributed by atoms with Crippen LogP contribution in [-0.2, 0) is 0 Å². The summed E-state index contributed by atoms with van der Waals surface area (Å²) in [6.07, 6.45) is 0. The van der Waals surface area contributed by atoms with Gasteiger partial charge in [-0.15, -0.1) is 0 Å². The maximum absolute atomic E-state index is 3.29. The molecule has 2 heteroatoms. The summed E-state index contributed by atoms with van der Waals surface area (Å²) >= 11 is 4.98. The van der Waals surface area contributed by atoms with Crippen molar-refractivity contribution in [2.45, 2.75) is 0 Å². The average molecular weight is 341 g/mol. The molecule has 0 N–H and O–H groups in total. The highest BCUT2D eigenvalue weighted by molar-refractivity contribution is 9.10. The summed E-state index contributed by atoms with van der Waals surface area (Å²) in [5.41, 5.74) is 0. The molecule has 4 aromatic rings. The topological polar surface area (TPSA) is 0 Å². The third kappa shape index (κ3) is 2.92. The smallest absolute Gasteiger partial charge is 0.0282 e. The van der Waals surface area contributed by atoms with Crippen LogP contribution in [0.3, 0.4) is 0 Å². The van der Waals surface area contributed by atoms with E-state index in [1.165, 1.54) is 26.0 Å². The highest BCUT2D eigenvalue weighted by Gasteiger charge is 1.97. The molecule has 0 bridgehead atoms. The van der Waals surface area contributed by atoms with Gasteiger partial charge in [-0.2, -0.15) is 11.3 Å².